The Balaban J connectivity index is 2.57. The highest BCUT2D eigenvalue weighted by Gasteiger charge is 2.10. The van der Waals surface area contributed by atoms with E-state index < -0.39 is 5.63 Å². The number of hydrogen-bond acceptors (Lipinski definition) is 4. The van der Waals surface area contributed by atoms with Crippen molar-refractivity contribution in [2.45, 2.75) is 4.90 Å². The molecule has 0 aliphatic heterocycles. The Labute approximate surface area is 96.7 Å². The third-order valence-electron chi connectivity index (χ3n) is 2.15. The maximum absolute atomic E-state index is 11.5. The van der Waals surface area contributed by atoms with Crippen LogP contribution in [0, 0.1) is 0 Å². The molecule has 0 amide bonds. The standard InChI is InChI=1S/C12H10O3S/c1-16-11-9(13)7-10(15-12(11)14)8-5-3-2-4-6-8/h2-7,13H,1H3. The molecule has 2 rings (SSSR count). The number of rotatable bonds is 2. The summed E-state index contributed by atoms with van der Waals surface area (Å²) in [6, 6.07) is 10.6. The topological polar surface area (TPSA) is 50.4 Å². The van der Waals surface area contributed by atoms with Crippen molar-refractivity contribution in [3.8, 4) is 17.1 Å². The zero-order valence-corrected chi connectivity index (χ0v) is 9.45. The molecule has 1 aromatic carbocycles. The van der Waals surface area contributed by atoms with Crippen LogP contribution in [-0.2, 0) is 0 Å². The van der Waals surface area contributed by atoms with E-state index >= 15 is 0 Å². The molecular formula is C12H10O3S. The van der Waals surface area contributed by atoms with Gasteiger partial charge in [-0.2, -0.15) is 0 Å². The fourth-order valence-corrected chi connectivity index (χ4v) is 1.88. The number of hydrogen-bond donors (Lipinski definition) is 1. The van der Waals surface area contributed by atoms with E-state index in [-0.39, 0.29) is 10.6 Å². The first-order chi connectivity index (χ1) is 7.72. The average Bonchev–Trinajstić information content (AvgIpc) is 2.30. The molecule has 82 valence electrons. The van der Waals surface area contributed by atoms with Gasteiger partial charge in [-0.15, -0.1) is 11.8 Å². The van der Waals surface area contributed by atoms with Crippen molar-refractivity contribution < 1.29 is 9.52 Å². The summed E-state index contributed by atoms with van der Waals surface area (Å²) in [5.41, 5.74) is 0.258. The summed E-state index contributed by atoms with van der Waals surface area (Å²) in [7, 11) is 0. The lowest BCUT2D eigenvalue weighted by Crippen LogP contribution is -2.02. The van der Waals surface area contributed by atoms with Crippen LogP contribution in [0.25, 0.3) is 11.3 Å². The number of aromatic hydroxyl groups is 1. The van der Waals surface area contributed by atoms with Crippen LogP contribution in [0.2, 0.25) is 0 Å². The molecule has 1 aromatic heterocycles. The van der Waals surface area contributed by atoms with Gasteiger partial charge in [-0.25, -0.2) is 4.79 Å². The first-order valence-electron chi connectivity index (χ1n) is 4.69. The summed E-state index contributed by atoms with van der Waals surface area (Å²) in [5, 5.41) is 9.65. The van der Waals surface area contributed by atoms with E-state index in [1.165, 1.54) is 17.8 Å². The molecule has 2 aromatic rings. The van der Waals surface area contributed by atoms with Gasteiger partial charge in [-0.05, 0) is 6.26 Å². The molecule has 1 heterocycles. The minimum Gasteiger partial charge on any atom is -0.506 e. The minimum absolute atomic E-state index is 0.0393. The lowest BCUT2D eigenvalue weighted by Gasteiger charge is -2.03. The summed E-state index contributed by atoms with van der Waals surface area (Å²) in [6.45, 7) is 0. The van der Waals surface area contributed by atoms with Crippen molar-refractivity contribution in [2.75, 3.05) is 6.26 Å². The highest BCUT2D eigenvalue weighted by atomic mass is 32.2. The van der Waals surface area contributed by atoms with Crippen LogP contribution in [-0.4, -0.2) is 11.4 Å². The number of benzene rings is 1. The van der Waals surface area contributed by atoms with E-state index in [4.69, 9.17) is 4.42 Å². The van der Waals surface area contributed by atoms with E-state index in [0.717, 1.165) is 5.56 Å². The van der Waals surface area contributed by atoms with E-state index in [0.29, 0.717) is 5.76 Å². The van der Waals surface area contributed by atoms with E-state index in [1.54, 1.807) is 6.26 Å². The van der Waals surface area contributed by atoms with Gasteiger partial charge in [0, 0.05) is 11.6 Å². The normalized spacial score (nSPS) is 10.3. The van der Waals surface area contributed by atoms with E-state index in [9.17, 15) is 9.90 Å². The lowest BCUT2D eigenvalue weighted by molar-refractivity contribution is 0.430. The predicted molar refractivity (Wildman–Crippen MR) is 63.9 cm³/mol. The Bertz CT molecular complexity index is 546. The van der Waals surface area contributed by atoms with E-state index in [1.807, 2.05) is 30.3 Å². The maximum atomic E-state index is 11.5. The van der Waals surface area contributed by atoms with Crippen molar-refractivity contribution in [1.82, 2.24) is 0 Å². The van der Waals surface area contributed by atoms with Gasteiger partial charge in [0.15, 0.2) is 0 Å². The maximum Gasteiger partial charge on any atom is 0.353 e. The Morgan fingerprint density at radius 3 is 2.50 bits per heavy atom. The zero-order valence-electron chi connectivity index (χ0n) is 8.64. The zero-order chi connectivity index (χ0) is 11.5. The SMILES string of the molecule is CSc1c(O)cc(-c2ccccc2)oc1=O. The molecule has 0 atom stereocenters. The van der Waals surface area contributed by atoms with Gasteiger partial charge in [-0.3, -0.25) is 0 Å². The molecule has 0 saturated carbocycles. The van der Waals surface area contributed by atoms with Crippen molar-refractivity contribution >= 4 is 11.8 Å². The van der Waals surface area contributed by atoms with Crippen LogP contribution < -0.4 is 5.63 Å². The second-order valence-electron chi connectivity index (χ2n) is 3.18. The summed E-state index contributed by atoms with van der Waals surface area (Å²) in [6.07, 6.45) is 1.72. The summed E-state index contributed by atoms with van der Waals surface area (Å²) in [4.78, 5) is 11.8. The number of thioether (sulfide) groups is 1. The molecule has 1 N–H and O–H groups in total. The van der Waals surface area contributed by atoms with Crippen molar-refractivity contribution in [1.29, 1.82) is 0 Å². The Morgan fingerprint density at radius 1 is 1.25 bits per heavy atom. The molecule has 0 unspecified atom stereocenters. The molecule has 0 fully saturated rings. The van der Waals surface area contributed by atoms with Crippen LogP contribution in [0.1, 0.15) is 0 Å². The molecule has 0 aliphatic carbocycles. The molecule has 3 nitrogen and oxygen atoms in total. The van der Waals surface area contributed by atoms with Crippen molar-refractivity contribution in [3.05, 3.63) is 46.8 Å². The molecule has 0 radical (unpaired) electrons. The second kappa shape index (κ2) is 4.45. The van der Waals surface area contributed by atoms with Gasteiger partial charge in [0.25, 0.3) is 0 Å². The van der Waals surface area contributed by atoms with Gasteiger partial charge in [0.1, 0.15) is 16.4 Å². The first-order valence-corrected chi connectivity index (χ1v) is 5.91. The fourth-order valence-electron chi connectivity index (χ4n) is 1.40. The summed E-state index contributed by atoms with van der Waals surface area (Å²) >= 11 is 1.17. The Kier molecular flexibility index (Phi) is 3.01. The lowest BCUT2D eigenvalue weighted by atomic mass is 10.1. The first kappa shape index (κ1) is 10.8. The molecular weight excluding hydrogens is 224 g/mol. The third-order valence-corrected chi connectivity index (χ3v) is 2.93. The predicted octanol–water partition coefficient (Wildman–Crippen LogP) is 2.73. The van der Waals surface area contributed by atoms with Crippen LogP contribution in [0.15, 0.2) is 50.5 Å². The van der Waals surface area contributed by atoms with Gasteiger partial charge in [-0.1, -0.05) is 30.3 Å². The van der Waals surface area contributed by atoms with Gasteiger partial charge >= 0.3 is 5.63 Å². The van der Waals surface area contributed by atoms with Gasteiger partial charge < -0.3 is 9.52 Å². The van der Waals surface area contributed by atoms with Gasteiger partial charge in [0.2, 0.25) is 0 Å². The third kappa shape index (κ3) is 1.97. The van der Waals surface area contributed by atoms with Gasteiger partial charge in [0.05, 0.1) is 0 Å². The molecule has 0 aliphatic rings. The molecule has 4 heteroatoms. The molecule has 16 heavy (non-hydrogen) atoms. The smallest absolute Gasteiger partial charge is 0.353 e. The second-order valence-corrected chi connectivity index (χ2v) is 4.00. The summed E-state index contributed by atoms with van der Waals surface area (Å²) < 4.78 is 5.13. The van der Waals surface area contributed by atoms with Crippen molar-refractivity contribution in [3.63, 3.8) is 0 Å². The van der Waals surface area contributed by atoms with Crippen LogP contribution >= 0.6 is 11.8 Å². The Hall–Kier alpha value is -1.68. The van der Waals surface area contributed by atoms with Crippen molar-refractivity contribution in [2.24, 2.45) is 0 Å². The molecule has 0 saturated heterocycles. The highest BCUT2D eigenvalue weighted by molar-refractivity contribution is 7.98. The molecule has 0 spiro atoms. The highest BCUT2D eigenvalue weighted by Crippen LogP contribution is 2.27. The fraction of sp³-hybridized carbons (Fsp3) is 0.0833. The Morgan fingerprint density at radius 2 is 1.94 bits per heavy atom. The quantitative estimate of drug-likeness (QED) is 0.812. The van der Waals surface area contributed by atoms with Crippen LogP contribution in [0.3, 0.4) is 0 Å². The average molecular weight is 234 g/mol. The minimum atomic E-state index is -0.508. The monoisotopic (exact) mass is 234 g/mol. The molecule has 0 bridgehead atoms. The summed E-state index contributed by atoms with van der Waals surface area (Å²) in [5.74, 6) is 0.337. The van der Waals surface area contributed by atoms with E-state index in [2.05, 4.69) is 0 Å². The largest absolute Gasteiger partial charge is 0.506 e. The van der Waals surface area contributed by atoms with Crippen LogP contribution in [0.5, 0.6) is 5.75 Å². The van der Waals surface area contributed by atoms with Crippen LogP contribution in [0.4, 0.5) is 0 Å².